The van der Waals surface area contributed by atoms with Crippen LogP contribution >= 0.6 is 0 Å². The molecule has 33 nitrogen and oxygen atoms in total. The predicted octanol–water partition coefficient (Wildman–Crippen LogP) is -6.01. The van der Waals surface area contributed by atoms with E-state index in [1.165, 1.54) is 45.0 Å². The normalized spacial score (nSPS) is 15.4. The molecule has 0 bridgehead atoms. The van der Waals surface area contributed by atoms with Crippen LogP contribution < -0.4 is 65.1 Å². The number of amides is 10. The van der Waals surface area contributed by atoms with Crippen molar-refractivity contribution < 1.29 is 103 Å². The Morgan fingerprint density at radius 2 is 0.917 bits per heavy atom. The second-order valence-corrected chi connectivity index (χ2v) is 20.1. The molecule has 0 saturated carbocycles. The maximum atomic E-state index is 14.5. The summed E-state index contributed by atoms with van der Waals surface area (Å²) in [5.74, 6) is -19.2. The second-order valence-electron chi connectivity index (χ2n) is 20.1. The van der Waals surface area contributed by atoms with Gasteiger partial charge in [-0.05, 0) is 75.1 Å². The number of aromatic hydroxyl groups is 1. The number of carbonyl (C=O) groups excluding carboxylic acids is 10. The Morgan fingerprint density at radius 3 is 1.36 bits per heavy atom. The van der Waals surface area contributed by atoms with E-state index in [0.29, 0.717) is 6.42 Å². The van der Waals surface area contributed by atoms with E-state index in [2.05, 4.69) is 42.5 Å². The summed E-state index contributed by atoms with van der Waals surface area (Å²) in [5, 5.41) is 88.7. The number of rotatable bonds is 40. The SMILES string of the molecule is CC[C@H](C)[C@H](NC(=O)[C@H](CCCCN)NC(=O)[C@H](Cc1ccc(O)cc1)NC(=O)[C@H](CCC(=O)O)NC(=O)[C@H](CCC(=O)O)NC(=O)[C@H](CO)NC(=O)[C@@H](N)CC(=O)O)C(=O)N[C@H](C(=O)N[C@@H](CC(N)=O)C(=O)N[C@H](C(=O)O)C(C)C)[C@@H](C)O. The third-order valence-electron chi connectivity index (χ3n) is 12.8. The summed E-state index contributed by atoms with van der Waals surface area (Å²) in [7, 11) is 0. The number of carboxylic acids is 4. The van der Waals surface area contributed by atoms with Gasteiger partial charge in [-0.2, -0.15) is 0 Å². The molecule has 0 radical (unpaired) electrons. The molecular formula is C51H80N12O21. The average molecular weight is 1200 g/mol. The van der Waals surface area contributed by atoms with Gasteiger partial charge in [0.15, 0.2) is 0 Å². The van der Waals surface area contributed by atoms with Crippen molar-refractivity contribution in [3.05, 3.63) is 29.8 Å². The molecule has 0 spiro atoms. The zero-order chi connectivity index (χ0) is 64.1. The Morgan fingerprint density at radius 1 is 0.500 bits per heavy atom. The quantitative estimate of drug-likeness (QED) is 0.0272. The molecule has 0 aromatic heterocycles. The number of aliphatic hydroxyl groups excluding tert-OH is 2. The zero-order valence-electron chi connectivity index (χ0n) is 47.1. The van der Waals surface area contributed by atoms with Crippen molar-refractivity contribution in [1.29, 1.82) is 0 Å². The largest absolute Gasteiger partial charge is 0.508 e. The summed E-state index contributed by atoms with van der Waals surface area (Å²) in [5.41, 5.74) is 16.9. The van der Waals surface area contributed by atoms with E-state index in [0.717, 1.165) is 6.92 Å². The van der Waals surface area contributed by atoms with Crippen molar-refractivity contribution in [3.63, 3.8) is 0 Å². The van der Waals surface area contributed by atoms with Crippen LogP contribution in [-0.2, 0) is 73.5 Å². The summed E-state index contributed by atoms with van der Waals surface area (Å²) in [6.07, 6.45) is -6.38. The number of hydrogen-bond donors (Lipinski definition) is 19. The first-order valence-corrected chi connectivity index (χ1v) is 26.7. The summed E-state index contributed by atoms with van der Waals surface area (Å²) in [6.45, 7) is 6.20. The van der Waals surface area contributed by atoms with Crippen molar-refractivity contribution in [1.82, 2.24) is 47.9 Å². The number of carbonyl (C=O) groups is 14. The monoisotopic (exact) mass is 1200 g/mol. The molecule has 0 aliphatic rings. The lowest BCUT2D eigenvalue weighted by molar-refractivity contribution is -0.144. The van der Waals surface area contributed by atoms with Gasteiger partial charge >= 0.3 is 23.9 Å². The second kappa shape index (κ2) is 36.8. The molecule has 22 N–H and O–H groups in total. The topological polar surface area (TPSA) is 567 Å². The third-order valence-corrected chi connectivity index (χ3v) is 12.8. The molecule has 0 aliphatic carbocycles. The van der Waals surface area contributed by atoms with Crippen LogP contribution in [0.3, 0.4) is 0 Å². The highest BCUT2D eigenvalue weighted by molar-refractivity contribution is 5.99. The fraction of sp³-hybridized carbons (Fsp3) is 0.608. The maximum Gasteiger partial charge on any atom is 0.326 e. The van der Waals surface area contributed by atoms with Crippen molar-refractivity contribution in [2.24, 2.45) is 29.0 Å². The predicted molar refractivity (Wildman–Crippen MR) is 291 cm³/mol. The van der Waals surface area contributed by atoms with Crippen LogP contribution in [0.25, 0.3) is 0 Å². The highest BCUT2D eigenvalue weighted by atomic mass is 16.4. The van der Waals surface area contributed by atoms with Crippen LogP contribution in [0.2, 0.25) is 0 Å². The molecule has 0 unspecified atom stereocenters. The Bertz CT molecular complexity index is 2480. The number of nitrogens with two attached hydrogens (primary N) is 3. The molecule has 0 fully saturated rings. The summed E-state index contributed by atoms with van der Waals surface area (Å²) >= 11 is 0. The first-order valence-electron chi connectivity index (χ1n) is 26.7. The molecule has 0 saturated heterocycles. The van der Waals surface area contributed by atoms with Crippen molar-refractivity contribution in [2.75, 3.05) is 13.2 Å². The summed E-state index contributed by atoms with van der Waals surface area (Å²) < 4.78 is 0. The number of aliphatic hydroxyl groups is 2. The number of phenols is 1. The summed E-state index contributed by atoms with van der Waals surface area (Å²) in [6, 6.07) is -12.1. The van der Waals surface area contributed by atoms with Gasteiger partial charge in [0, 0.05) is 19.3 Å². The number of carboxylic acid groups (broad SMARTS) is 4. The van der Waals surface area contributed by atoms with Crippen molar-refractivity contribution in [2.45, 2.75) is 172 Å². The lowest BCUT2D eigenvalue weighted by Gasteiger charge is -2.30. The maximum absolute atomic E-state index is 14.5. The molecule has 1 aromatic carbocycles. The van der Waals surface area contributed by atoms with E-state index in [4.69, 9.17) is 22.3 Å². The van der Waals surface area contributed by atoms with E-state index < -0.39 is 213 Å². The molecule has 0 heterocycles. The Hall–Kier alpha value is -8.56. The van der Waals surface area contributed by atoms with Gasteiger partial charge in [0.2, 0.25) is 59.1 Å². The van der Waals surface area contributed by atoms with Crippen LogP contribution in [-0.4, -0.2) is 198 Å². The van der Waals surface area contributed by atoms with Crippen molar-refractivity contribution >= 4 is 82.9 Å². The third kappa shape index (κ3) is 26.6. The van der Waals surface area contributed by atoms with Gasteiger partial charge in [0.05, 0.1) is 31.6 Å². The molecule has 1 rings (SSSR count). The highest BCUT2D eigenvalue weighted by Crippen LogP contribution is 2.15. The van der Waals surface area contributed by atoms with Crippen LogP contribution in [0, 0.1) is 11.8 Å². The molecule has 84 heavy (non-hydrogen) atoms. The van der Waals surface area contributed by atoms with E-state index in [9.17, 15) is 97.8 Å². The first-order chi connectivity index (χ1) is 39.3. The van der Waals surface area contributed by atoms with Crippen LogP contribution in [0.5, 0.6) is 5.75 Å². The van der Waals surface area contributed by atoms with E-state index in [1.54, 1.807) is 6.92 Å². The van der Waals surface area contributed by atoms with Gasteiger partial charge in [-0.1, -0.05) is 46.2 Å². The lowest BCUT2D eigenvalue weighted by Crippen LogP contribution is -2.63. The molecule has 1 aromatic rings. The number of phenolic OH excluding ortho intramolecular Hbond substituents is 1. The van der Waals surface area contributed by atoms with Gasteiger partial charge < -0.3 is 101 Å². The number of unbranched alkanes of at least 4 members (excludes halogenated alkanes) is 1. The minimum Gasteiger partial charge on any atom is -0.508 e. The average Bonchev–Trinajstić information content (AvgIpc) is 3.58. The van der Waals surface area contributed by atoms with Gasteiger partial charge in [-0.3, -0.25) is 62.3 Å². The van der Waals surface area contributed by atoms with Gasteiger partial charge in [0.25, 0.3) is 0 Å². The van der Waals surface area contributed by atoms with Gasteiger partial charge in [0.1, 0.15) is 60.1 Å². The number of primary amides is 1. The molecule has 12 atom stereocenters. The van der Waals surface area contributed by atoms with E-state index in [1.807, 2.05) is 5.32 Å². The molecule has 470 valence electrons. The molecule has 0 aliphatic heterocycles. The Kier molecular flexibility index (Phi) is 32.2. The highest BCUT2D eigenvalue weighted by Gasteiger charge is 2.38. The van der Waals surface area contributed by atoms with Crippen molar-refractivity contribution in [3.8, 4) is 5.75 Å². The summed E-state index contributed by atoms with van der Waals surface area (Å²) in [4.78, 5) is 182. The van der Waals surface area contributed by atoms with Crippen LogP contribution in [0.15, 0.2) is 24.3 Å². The lowest BCUT2D eigenvalue weighted by atomic mass is 9.96. The minimum absolute atomic E-state index is 0.120. The number of aliphatic carboxylic acids is 4. The van der Waals surface area contributed by atoms with Gasteiger partial charge in [-0.25, -0.2) is 4.79 Å². The zero-order valence-corrected chi connectivity index (χ0v) is 47.1. The number of benzene rings is 1. The fourth-order valence-corrected chi connectivity index (χ4v) is 7.80. The molecule has 33 heteroatoms. The first kappa shape index (κ1) is 73.5. The standard InChI is InChI=1S/C51H80N12O21/c1-6-24(4)40(49(81)63-41(25(5)65)50(82)59-33(21-35(54)67)47(79)61-39(23(2)3)51(83)84)62-45(77)29(9-7-8-18-52)55-46(78)32(19-26-10-12-27(66)13-11-26)58-44(76)31(15-17-37(70)71)56-43(75)30(14-16-36(68)69)57-48(80)34(22-64)60-42(74)28(53)20-38(72)73/h10-13,23-25,28-34,39-41,64-66H,6-9,14-22,52-53H2,1-5H3,(H2,54,67)(H,55,78)(H,56,75)(H,57,80)(H,58,76)(H,59,82)(H,60,74)(H,61,79)(H,62,77)(H,63,81)(H,68,69)(H,70,71)(H,72,73)(H,83,84)/t24-,25+,28-,29-,30-,31-,32-,33-,34-,39-,40-,41-/m0/s1. The van der Waals surface area contributed by atoms with E-state index >= 15 is 0 Å². The molecular weight excluding hydrogens is 1120 g/mol. The van der Waals surface area contributed by atoms with Gasteiger partial charge in [-0.15, -0.1) is 0 Å². The van der Waals surface area contributed by atoms with Crippen LogP contribution in [0.1, 0.15) is 104 Å². The fourth-order valence-electron chi connectivity index (χ4n) is 7.80. The Balaban J connectivity index is 3.71. The van der Waals surface area contributed by atoms with Crippen LogP contribution in [0.4, 0.5) is 0 Å². The number of nitrogens with one attached hydrogen (secondary N) is 9. The van der Waals surface area contributed by atoms with E-state index in [-0.39, 0.29) is 37.1 Å². The minimum atomic E-state index is -1.89. The Labute approximate surface area is 482 Å². The number of hydrogen-bond acceptors (Lipinski definition) is 19. The molecule has 10 amide bonds. The smallest absolute Gasteiger partial charge is 0.326 e.